The molecule has 1 saturated heterocycles. The first-order valence-electron chi connectivity index (χ1n) is 7.89. The molecule has 1 aromatic heterocycles. The van der Waals surface area contributed by atoms with Crippen molar-refractivity contribution in [2.75, 3.05) is 26.4 Å². The van der Waals surface area contributed by atoms with E-state index in [4.69, 9.17) is 0 Å². The number of thiazole rings is 1. The van der Waals surface area contributed by atoms with Crippen molar-refractivity contribution in [2.24, 2.45) is 5.92 Å². The number of nitrogens with zero attached hydrogens (tertiary/aromatic N) is 3. The molecule has 6 nitrogen and oxygen atoms in total. The highest BCUT2D eigenvalue weighted by Gasteiger charge is 2.30. The van der Waals surface area contributed by atoms with Crippen LogP contribution < -0.4 is 0 Å². The molecule has 1 fully saturated rings. The van der Waals surface area contributed by atoms with Crippen LogP contribution in [0.1, 0.15) is 17.8 Å². The van der Waals surface area contributed by atoms with Crippen molar-refractivity contribution in [2.45, 2.75) is 19.4 Å². The maximum Gasteiger partial charge on any atom is 0.225 e. The zero-order valence-corrected chi connectivity index (χ0v) is 15.4. The first-order valence-corrected chi connectivity index (χ1v) is 10.6. The Balaban J connectivity index is 1.61. The number of benzene rings is 1. The lowest BCUT2D eigenvalue weighted by molar-refractivity contribution is -0.135. The molecule has 0 aliphatic carbocycles. The van der Waals surface area contributed by atoms with E-state index in [0.717, 1.165) is 15.2 Å². The highest BCUT2D eigenvalue weighted by Crippen LogP contribution is 2.25. The van der Waals surface area contributed by atoms with Gasteiger partial charge in [-0.15, -0.1) is 11.3 Å². The molecular weight excluding hydrogens is 346 g/mol. The van der Waals surface area contributed by atoms with Gasteiger partial charge in [-0.05, 0) is 25.0 Å². The van der Waals surface area contributed by atoms with Crippen molar-refractivity contribution in [1.29, 1.82) is 0 Å². The van der Waals surface area contributed by atoms with Crippen molar-refractivity contribution >= 4 is 37.5 Å². The van der Waals surface area contributed by atoms with Crippen LogP contribution in [0.25, 0.3) is 10.2 Å². The molecule has 3 rings (SSSR count). The second-order valence-electron chi connectivity index (χ2n) is 6.21. The van der Waals surface area contributed by atoms with Crippen LogP contribution in [0.15, 0.2) is 24.3 Å². The minimum absolute atomic E-state index is 0.0717. The molecule has 0 spiro atoms. The van der Waals surface area contributed by atoms with Gasteiger partial charge in [0.1, 0.15) is 5.01 Å². The molecule has 8 heteroatoms. The van der Waals surface area contributed by atoms with Crippen molar-refractivity contribution in [3.8, 4) is 0 Å². The minimum atomic E-state index is -3.16. The number of aromatic nitrogens is 1. The average Bonchev–Trinajstić information content (AvgIpc) is 2.95. The van der Waals surface area contributed by atoms with Gasteiger partial charge < -0.3 is 4.90 Å². The zero-order valence-electron chi connectivity index (χ0n) is 13.8. The summed E-state index contributed by atoms with van der Waals surface area (Å²) in [7, 11) is -1.37. The molecular formula is C16H21N3O3S2. The Bertz CT molecular complexity index is 806. The number of hydrogen-bond acceptors (Lipinski definition) is 5. The van der Waals surface area contributed by atoms with Crippen LogP contribution in [0.2, 0.25) is 0 Å². The number of piperidine rings is 1. The van der Waals surface area contributed by atoms with Crippen molar-refractivity contribution < 1.29 is 13.2 Å². The van der Waals surface area contributed by atoms with E-state index in [1.165, 1.54) is 10.6 Å². The standard InChI is InChI=1S/C16H21N3O3S2/c1-18(11-15-17-13-5-3-4-6-14(13)23-15)16(20)12-7-9-19(10-8-12)24(2,21)22/h3-6,12H,7-11H2,1-2H3. The normalized spacial score (nSPS) is 17.2. The summed E-state index contributed by atoms with van der Waals surface area (Å²) in [5, 5.41) is 0.917. The first kappa shape index (κ1) is 17.3. The number of amides is 1. The Morgan fingerprint density at radius 2 is 2.00 bits per heavy atom. The maximum atomic E-state index is 12.6. The van der Waals surface area contributed by atoms with Gasteiger partial charge in [0, 0.05) is 26.1 Å². The molecule has 1 amide bonds. The van der Waals surface area contributed by atoms with Crippen molar-refractivity contribution in [3.63, 3.8) is 0 Å². The average molecular weight is 367 g/mol. The molecule has 0 N–H and O–H groups in total. The Morgan fingerprint density at radius 3 is 2.62 bits per heavy atom. The van der Waals surface area contributed by atoms with Gasteiger partial charge in [0.15, 0.2) is 0 Å². The molecule has 2 heterocycles. The summed E-state index contributed by atoms with van der Waals surface area (Å²) >= 11 is 1.60. The van der Waals surface area contributed by atoms with Gasteiger partial charge in [-0.1, -0.05) is 12.1 Å². The van der Waals surface area contributed by atoms with Gasteiger partial charge >= 0.3 is 0 Å². The molecule has 130 valence electrons. The van der Waals surface area contributed by atoms with Gasteiger partial charge in [0.2, 0.25) is 15.9 Å². The predicted molar refractivity (Wildman–Crippen MR) is 95.2 cm³/mol. The highest BCUT2D eigenvalue weighted by molar-refractivity contribution is 7.88. The van der Waals surface area contributed by atoms with Crippen molar-refractivity contribution in [1.82, 2.24) is 14.2 Å². The molecule has 1 aliphatic heterocycles. The predicted octanol–water partition coefficient (Wildman–Crippen LogP) is 1.93. The number of carbonyl (C=O) groups is 1. The van der Waals surface area contributed by atoms with Crippen LogP contribution in [0.5, 0.6) is 0 Å². The van der Waals surface area contributed by atoms with E-state index >= 15 is 0 Å². The number of fused-ring (bicyclic) bond motifs is 1. The van der Waals surface area contributed by atoms with Gasteiger partial charge in [0.05, 0.1) is 23.0 Å². The summed E-state index contributed by atoms with van der Waals surface area (Å²) in [5.74, 6) is -0.0372. The monoisotopic (exact) mass is 367 g/mol. The van der Waals surface area contributed by atoms with Gasteiger partial charge in [-0.25, -0.2) is 17.7 Å². The van der Waals surface area contributed by atoms with Gasteiger partial charge in [-0.2, -0.15) is 0 Å². The third-order valence-corrected chi connectivity index (χ3v) is 6.68. The number of rotatable bonds is 4. The van der Waals surface area contributed by atoms with Crippen LogP contribution in [0.4, 0.5) is 0 Å². The van der Waals surface area contributed by atoms with Gasteiger partial charge in [-0.3, -0.25) is 4.79 Å². The Kier molecular flexibility index (Phi) is 4.89. The number of sulfonamides is 1. The minimum Gasteiger partial charge on any atom is -0.339 e. The lowest BCUT2D eigenvalue weighted by atomic mass is 9.97. The van der Waals surface area contributed by atoms with E-state index < -0.39 is 10.0 Å². The molecule has 0 saturated carbocycles. The van der Waals surface area contributed by atoms with Crippen molar-refractivity contribution in [3.05, 3.63) is 29.3 Å². The molecule has 0 atom stereocenters. The fraction of sp³-hybridized carbons (Fsp3) is 0.500. The third-order valence-electron chi connectivity index (χ3n) is 4.36. The molecule has 24 heavy (non-hydrogen) atoms. The van der Waals surface area contributed by atoms with Gasteiger partial charge in [0.25, 0.3) is 0 Å². The van der Waals surface area contributed by atoms with E-state index in [1.807, 2.05) is 24.3 Å². The summed E-state index contributed by atoms with van der Waals surface area (Å²) in [4.78, 5) is 18.9. The topological polar surface area (TPSA) is 70.6 Å². The van der Waals surface area contributed by atoms with E-state index in [9.17, 15) is 13.2 Å². The fourth-order valence-electron chi connectivity index (χ4n) is 3.01. The van der Waals surface area contributed by atoms with E-state index in [0.29, 0.717) is 32.5 Å². The summed E-state index contributed by atoms with van der Waals surface area (Å²) < 4.78 is 25.7. The number of para-hydroxylation sites is 1. The second kappa shape index (κ2) is 6.78. The first-order chi connectivity index (χ1) is 11.3. The Labute approximate surface area is 146 Å². The van der Waals surface area contributed by atoms with E-state index in [-0.39, 0.29) is 11.8 Å². The summed E-state index contributed by atoms with van der Waals surface area (Å²) in [6.07, 6.45) is 2.38. The highest BCUT2D eigenvalue weighted by atomic mass is 32.2. The van der Waals surface area contributed by atoms with E-state index in [2.05, 4.69) is 4.98 Å². The largest absolute Gasteiger partial charge is 0.339 e. The Morgan fingerprint density at radius 1 is 1.33 bits per heavy atom. The van der Waals surface area contributed by atoms with Crippen LogP contribution in [0, 0.1) is 5.92 Å². The van der Waals surface area contributed by atoms with Crippen LogP contribution >= 0.6 is 11.3 Å². The molecule has 1 aliphatic rings. The summed E-state index contributed by atoms with van der Waals surface area (Å²) in [6.45, 7) is 1.33. The molecule has 2 aromatic rings. The Hall–Kier alpha value is -1.51. The number of carbonyl (C=O) groups excluding carboxylic acids is 1. The lowest BCUT2D eigenvalue weighted by Gasteiger charge is -2.31. The second-order valence-corrected chi connectivity index (χ2v) is 9.30. The summed E-state index contributed by atoms with van der Waals surface area (Å²) in [6, 6.07) is 7.93. The fourth-order valence-corrected chi connectivity index (χ4v) is 4.91. The zero-order chi connectivity index (χ0) is 17.3. The molecule has 1 aromatic carbocycles. The quantitative estimate of drug-likeness (QED) is 0.828. The third kappa shape index (κ3) is 3.76. The lowest BCUT2D eigenvalue weighted by Crippen LogP contribution is -2.42. The molecule has 0 radical (unpaired) electrons. The van der Waals surface area contributed by atoms with Crippen LogP contribution in [-0.4, -0.2) is 54.9 Å². The molecule has 0 unspecified atom stereocenters. The van der Waals surface area contributed by atoms with Crippen LogP contribution in [0.3, 0.4) is 0 Å². The number of hydrogen-bond donors (Lipinski definition) is 0. The SMILES string of the molecule is CN(Cc1nc2ccccc2s1)C(=O)C1CCN(S(C)(=O)=O)CC1. The smallest absolute Gasteiger partial charge is 0.225 e. The summed E-state index contributed by atoms with van der Waals surface area (Å²) in [5.41, 5.74) is 0.958. The maximum absolute atomic E-state index is 12.6. The van der Waals surface area contributed by atoms with Crippen LogP contribution in [-0.2, 0) is 21.4 Å². The van der Waals surface area contributed by atoms with E-state index in [1.54, 1.807) is 23.3 Å². The molecule has 0 bridgehead atoms.